The Morgan fingerprint density at radius 3 is 2.89 bits per heavy atom. The Morgan fingerprint density at radius 2 is 2.28 bits per heavy atom. The summed E-state index contributed by atoms with van der Waals surface area (Å²) >= 11 is 0. The van der Waals surface area contributed by atoms with Crippen LogP contribution < -0.4 is 0 Å². The number of pyridine rings is 1. The number of rotatable bonds is 3. The van der Waals surface area contributed by atoms with Gasteiger partial charge in [0.15, 0.2) is 5.78 Å². The number of nitrogens with zero attached hydrogens (tertiary/aromatic N) is 1. The summed E-state index contributed by atoms with van der Waals surface area (Å²) in [5, 5.41) is 0. The third kappa shape index (κ3) is 2.46. The number of carbonyl (C=O) groups excluding carboxylic acids is 1. The summed E-state index contributed by atoms with van der Waals surface area (Å²) < 4.78 is 5.63. The van der Waals surface area contributed by atoms with E-state index >= 15 is 0 Å². The molecule has 1 aromatic heterocycles. The van der Waals surface area contributed by atoms with E-state index in [1.807, 2.05) is 13.0 Å². The molecule has 0 radical (unpaired) electrons. The van der Waals surface area contributed by atoms with Crippen LogP contribution in [0.1, 0.15) is 48.5 Å². The number of ketones is 1. The number of Topliss-reactive ketones (excluding diaryl/α,β-unsaturated/α-hetero) is 1. The van der Waals surface area contributed by atoms with Crippen LogP contribution >= 0.6 is 0 Å². The lowest BCUT2D eigenvalue weighted by Crippen LogP contribution is -2.44. The Bertz CT molecular complexity index is 444. The van der Waals surface area contributed by atoms with Gasteiger partial charge in [-0.25, -0.2) is 0 Å². The van der Waals surface area contributed by atoms with E-state index in [1.54, 1.807) is 19.5 Å². The van der Waals surface area contributed by atoms with Crippen LogP contribution in [0.25, 0.3) is 0 Å². The SMILES string of the molecule is COC1(C(=O)c2cncc(C)c2)CCCC(C)C1. The number of aromatic nitrogens is 1. The number of aryl methyl sites for hydroxylation is 1. The molecule has 3 nitrogen and oxygen atoms in total. The smallest absolute Gasteiger partial charge is 0.196 e. The van der Waals surface area contributed by atoms with Gasteiger partial charge in [-0.1, -0.05) is 13.3 Å². The lowest BCUT2D eigenvalue weighted by atomic mass is 9.75. The lowest BCUT2D eigenvalue weighted by Gasteiger charge is -2.37. The van der Waals surface area contributed by atoms with Crippen LogP contribution in [0.5, 0.6) is 0 Å². The highest BCUT2D eigenvalue weighted by molar-refractivity contribution is 6.02. The fraction of sp³-hybridized carbons (Fsp3) is 0.600. The molecule has 0 aromatic carbocycles. The Balaban J connectivity index is 2.30. The van der Waals surface area contributed by atoms with Crippen molar-refractivity contribution >= 4 is 5.78 Å². The molecule has 1 saturated carbocycles. The minimum Gasteiger partial charge on any atom is -0.370 e. The minimum absolute atomic E-state index is 0.0905. The molecule has 2 atom stereocenters. The third-order valence-electron chi connectivity index (χ3n) is 3.90. The van der Waals surface area contributed by atoms with Gasteiger partial charge in [0, 0.05) is 25.1 Å². The van der Waals surface area contributed by atoms with Gasteiger partial charge in [-0.05, 0) is 43.7 Å². The molecule has 2 rings (SSSR count). The van der Waals surface area contributed by atoms with Crippen molar-refractivity contribution in [2.24, 2.45) is 5.92 Å². The van der Waals surface area contributed by atoms with Gasteiger partial charge in [0.2, 0.25) is 0 Å². The molecule has 18 heavy (non-hydrogen) atoms. The van der Waals surface area contributed by atoms with Gasteiger partial charge in [0.05, 0.1) is 0 Å². The molecule has 1 fully saturated rings. The van der Waals surface area contributed by atoms with Gasteiger partial charge in [-0.15, -0.1) is 0 Å². The zero-order chi connectivity index (χ0) is 13.2. The molecule has 0 bridgehead atoms. The number of methoxy groups -OCH3 is 1. The molecular weight excluding hydrogens is 226 g/mol. The maximum Gasteiger partial charge on any atom is 0.196 e. The highest BCUT2D eigenvalue weighted by Crippen LogP contribution is 2.37. The summed E-state index contributed by atoms with van der Waals surface area (Å²) in [4.78, 5) is 16.8. The van der Waals surface area contributed by atoms with Crippen molar-refractivity contribution in [1.82, 2.24) is 4.98 Å². The molecule has 0 spiro atoms. The van der Waals surface area contributed by atoms with Crippen molar-refractivity contribution < 1.29 is 9.53 Å². The zero-order valence-electron chi connectivity index (χ0n) is 11.4. The lowest BCUT2D eigenvalue weighted by molar-refractivity contribution is -0.0303. The van der Waals surface area contributed by atoms with Gasteiger partial charge < -0.3 is 4.74 Å². The summed E-state index contributed by atoms with van der Waals surface area (Å²) in [5.41, 5.74) is 1.05. The average molecular weight is 247 g/mol. The van der Waals surface area contributed by atoms with Crippen LogP contribution in [0.15, 0.2) is 18.5 Å². The monoisotopic (exact) mass is 247 g/mol. The van der Waals surface area contributed by atoms with E-state index in [4.69, 9.17) is 4.74 Å². The Morgan fingerprint density at radius 1 is 1.50 bits per heavy atom. The predicted octanol–water partition coefficient (Wildman–Crippen LogP) is 3.17. The average Bonchev–Trinajstić information content (AvgIpc) is 2.37. The number of carbonyl (C=O) groups is 1. The third-order valence-corrected chi connectivity index (χ3v) is 3.90. The molecule has 0 saturated heterocycles. The quantitative estimate of drug-likeness (QED) is 0.770. The van der Waals surface area contributed by atoms with Crippen molar-refractivity contribution in [3.8, 4) is 0 Å². The molecule has 1 heterocycles. The number of hydrogen-bond donors (Lipinski definition) is 0. The fourth-order valence-corrected chi connectivity index (χ4v) is 2.93. The van der Waals surface area contributed by atoms with E-state index in [1.165, 1.54) is 6.42 Å². The first-order chi connectivity index (χ1) is 8.57. The maximum absolute atomic E-state index is 12.7. The van der Waals surface area contributed by atoms with Gasteiger partial charge in [-0.3, -0.25) is 9.78 Å². The summed E-state index contributed by atoms with van der Waals surface area (Å²) in [6, 6.07) is 1.90. The molecule has 0 amide bonds. The first-order valence-corrected chi connectivity index (χ1v) is 6.59. The molecule has 1 aliphatic carbocycles. The van der Waals surface area contributed by atoms with Crippen molar-refractivity contribution in [3.63, 3.8) is 0 Å². The second-order valence-corrected chi connectivity index (χ2v) is 5.48. The topological polar surface area (TPSA) is 39.2 Å². The van der Waals surface area contributed by atoms with E-state index in [9.17, 15) is 4.79 Å². The molecule has 1 aliphatic rings. The summed E-state index contributed by atoms with van der Waals surface area (Å²) in [6.45, 7) is 4.14. The van der Waals surface area contributed by atoms with Crippen LogP contribution in [0.2, 0.25) is 0 Å². The van der Waals surface area contributed by atoms with Crippen molar-refractivity contribution in [2.75, 3.05) is 7.11 Å². The highest BCUT2D eigenvalue weighted by Gasteiger charge is 2.42. The van der Waals surface area contributed by atoms with E-state index in [2.05, 4.69) is 11.9 Å². The fourth-order valence-electron chi connectivity index (χ4n) is 2.93. The van der Waals surface area contributed by atoms with Crippen molar-refractivity contribution in [1.29, 1.82) is 0 Å². The molecule has 2 unspecified atom stereocenters. The van der Waals surface area contributed by atoms with Crippen molar-refractivity contribution in [3.05, 3.63) is 29.6 Å². The Kier molecular flexibility index (Phi) is 3.81. The first-order valence-electron chi connectivity index (χ1n) is 6.59. The van der Waals surface area contributed by atoms with Crippen LogP contribution in [0.4, 0.5) is 0 Å². The summed E-state index contributed by atoms with van der Waals surface area (Å²) in [6.07, 6.45) is 7.29. The zero-order valence-corrected chi connectivity index (χ0v) is 11.4. The largest absolute Gasteiger partial charge is 0.370 e. The normalized spacial score (nSPS) is 28.1. The van der Waals surface area contributed by atoms with Crippen LogP contribution in [0.3, 0.4) is 0 Å². The van der Waals surface area contributed by atoms with Gasteiger partial charge in [0.25, 0.3) is 0 Å². The highest BCUT2D eigenvalue weighted by atomic mass is 16.5. The maximum atomic E-state index is 12.7. The van der Waals surface area contributed by atoms with Gasteiger partial charge in [0.1, 0.15) is 5.60 Å². The van der Waals surface area contributed by atoms with Crippen molar-refractivity contribution in [2.45, 2.75) is 45.1 Å². The molecule has 1 aromatic rings. The van der Waals surface area contributed by atoms with Gasteiger partial charge in [-0.2, -0.15) is 0 Å². The van der Waals surface area contributed by atoms with Crippen LogP contribution in [-0.4, -0.2) is 23.5 Å². The Hall–Kier alpha value is -1.22. The standard InChI is InChI=1S/C15H21NO2/c1-11-5-4-6-15(8-11,18-3)14(17)13-7-12(2)9-16-10-13/h7,9-11H,4-6,8H2,1-3H3. The van der Waals surface area contributed by atoms with Gasteiger partial charge >= 0.3 is 0 Å². The van der Waals surface area contributed by atoms with E-state index in [0.29, 0.717) is 11.5 Å². The summed E-state index contributed by atoms with van der Waals surface area (Å²) in [7, 11) is 1.65. The molecule has 98 valence electrons. The second kappa shape index (κ2) is 5.19. The second-order valence-electron chi connectivity index (χ2n) is 5.48. The molecule has 0 aliphatic heterocycles. The van der Waals surface area contributed by atoms with E-state index in [-0.39, 0.29) is 5.78 Å². The molecule has 0 N–H and O–H groups in total. The number of ether oxygens (including phenoxy) is 1. The molecular formula is C15H21NO2. The minimum atomic E-state index is -0.632. The van der Waals surface area contributed by atoms with Crippen LogP contribution in [0, 0.1) is 12.8 Å². The van der Waals surface area contributed by atoms with E-state index in [0.717, 1.165) is 24.8 Å². The molecule has 3 heteroatoms. The first kappa shape index (κ1) is 13.2. The van der Waals surface area contributed by atoms with Crippen LogP contribution in [-0.2, 0) is 4.74 Å². The summed E-state index contributed by atoms with van der Waals surface area (Å²) in [5.74, 6) is 0.633. The number of hydrogen-bond acceptors (Lipinski definition) is 3. The van der Waals surface area contributed by atoms with E-state index < -0.39 is 5.60 Å². The predicted molar refractivity (Wildman–Crippen MR) is 70.7 cm³/mol. The Labute approximate surface area is 109 Å².